The molecule has 0 spiro atoms. The number of hydrogen-bond donors (Lipinski definition) is 2. The van der Waals surface area contributed by atoms with E-state index in [-0.39, 0.29) is 18.7 Å². The van der Waals surface area contributed by atoms with Crippen molar-refractivity contribution in [3.8, 4) is 5.75 Å². The first-order valence-corrected chi connectivity index (χ1v) is 7.48. The van der Waals surface area contributed by atoms with Gasteiger partial charge < -0.3 is 15.2 Å². The molecule has 1 aliphatic rings. The molecule has 1 aromatic carbocycles. The van der Waals surface area contributed by atoms with Crippen LogP contribution in [0.15, 0.2) is 18.2 Å². The van der Waals surface area contributed by atoms with Gasteiger partial charge in [0.25, 0.3) is 0 Å². The van der Waals surface area contributed by atoms with Crippen LogP contribution in [0.2, 0.25) is 0 Å². The molecule has 1 heterocycles. The predicted molar refractivity (Wildman–Crippen MR) is 71.7 cm³/mol. The number of benzene rings is 1. The number of alkyl halides is 3. The maximum Gasteiger partial charge on any atom is 0.573 e. The van der Waals surface area contributed by atoms with E-state index in [1.807, 2.05) is 0 Å². The van der Waals surface area contributed by atoms with Gasteiger partial charge in [0.1, 0.15) is 11.6 Å². The average Bonchev–Trinajstić information content (AvgIpc) is 2.77. The molecule has 1 fully saturated rings. The molecule has 1 aliphatic heterocycles. The smallest absolute Gasteiger partial charge is 0.405 e. The summed E-state index contributed by atoms with van der Waals surface area (Å²) >= 11 is 1.63. The Balaban J connectivity index is 1.98. The van der Waals surface area contributed by atoms with E-state index in [0.717, 1.165) is 11.8 Å². The lowest BCUT2D eigenvalue weighted by Crippen LogP contribution is -2.40. The molecular weight excluding hydrogens is 310 g/mol. The van der Waals surface area contributed by atoms with Crippen LogP contribution in [-0.2, 0) is 6.54 Å². The summed E-state index contributed by atoms with van der Waals surface area (Å²) < 4.78 is 53.7. The van der Waals surface area contributed by atoms with Gasteiger partial charge in [-0.1, -0.05) is 6.07 Å². The van der Waals surface area contributed by atoms with Crippen molar-refractivity contribution < 1.29 is 27.4 Å². The lowest BCUT2D eigenvalue weighted by Gasteiger charge is -2.22. The number of aliphatic hydroxyl groups is 1. The number of rotatable bonds is 5. The van der Waals surface area contributed by atoms with Crippen LogP contribution in [0, 0.1) is 5.82 Å². The highest BCUT2D eigenvalue weighted by molar-refractivity contribution is 7.99. The monoisotopic (exact) mass is 325 g/mol. The third-order valence-corrected chi connectivity index (χ3v) is 4.34. The van der Waals surface area contributed by atoms with Crippen LogP contribution in [0.5, 0.6) is 5.75 Å². The molecule has 118 valence electrons. The Morgan fingerprint density at radius 2 is 2.14 bits per heavy atom. The van der Waals surface area contributed by atoms with Gasteiger partial charge in [-0.2, -0.15) is 11.8 Å². The largest absolute Gasteiger partial charge is 0.573 e. The molecule has 1 atom stereocenters. The van der Waals surface area contributed by atoms with Gasteiger partial charge in [0.2, 0.25) is 0 Å². The molecule has 0 bridgehead atoms. The molecule has 21 heavy (non-hydrogen) atoms. The highest BCUT2D eigenvalue weighted by Gasteiger charge is 2.33. The van der Waals surface area contributed by atoms with Gasteiger partial charge >= 0.3 is 6.36 Å². The summed E-state index contributed by atoms with van der Waals surface area (Å²) in [5.41, 5.74) is -0.654. The van der Waals surface area contributed by atoms with Gasteiger partial charge in [-0.05, 0) is 18.2 Å². The highest BCUT2D eigenvalue weighted by Crippen LogP contribution is 2.29. The molecule has 2 rings (SSSR count). The van der Waals surface area contributed by atoms with E-state index < -0.39 is 23.5 Å². The topological polar surface area (TPSA) is 41.5 Å². The normalized spacial score (nSPS) is 22.5. The fourth-order valence-corrected chi connectivity index (χ4v) is 3.35. The van der Waals surface area contributed by atoms with Crippen molar-refractivity contribution >= 4 is 11.8 Å². The van der Waals surface area contributed by atoms with E-state index in [2.05, 4.69) is 10.1 Å². The van der Waals surface area contributed by atoms with Gasteiger partial charge in [-0.25, -0.2) is 4.39 Å². The fourth-order valence-electron chi connectivity index (χ4n) is 2.06. The van der Waals surface area contributed by atoms with Crippen molar-refractivity contribution in [3.05, 3.63) is 29.6 Å². The Hall–Kier alpha value is -0.990. The Morgan fingerprint density at radius 1 is 1.38 bits per heavy atom. The maximum atomic E-state index is 13.0. The summed E-state index contributed by atoms with van der Waals surface area (Å²) in [6.45, 7) is 0.321. The van der Waals surface area contributed by atoms with E-state index in [1.54, 1.807) is 11.8 Å². The zero-order valence-electron chi connectivity index (χ0n) is 11.0. The van der Waals surface area contributed by atoms with Crippen LogP contribution in [-0.4, -0.2) is 35.1 Å². The van der Waals surface area contributed by atoms with Gasteiger partial charge in [-0.3, -0.25) is 0 Å². The number of nitrogens with one attached hydrogen (secondary N) is 1. The Morgan fingerprint density at radius 3 is 2.76 bits per heavy atom. The Bertz CT molecular complexity index is 490. The third-order valence-electron chi connectivity index (χ3n) is 3.11. The van der Waals surface area contributed by atoms with Gasteiger partial charge in [0, 0.05) is 30.5 Å². The highest BCUT2D eigenvalue weighted by atomic mass is 32.2. The first-order chi connectivity index (χ1) is 9.77. The molecule has 0 aliphatic carbocycles. The first-order valence-electron chi connectivity index (χ1n) is 6.32. The molecule has 0 aromatic heterocycles. The van der Waals surface area contributed by atoms with Crippen molar-refractivity contribution in [1.82, 2.24) is 5.32 Å². The standard InChI is InChI=1S/C13H15F4NO2S/c14-10-2-1-9(11(5-10)20-13(15,16)17)6-18-7-12(19)3-4-21-8-12/h1-2,5,18-19H,3-4,6-8H2. The van der Waals surface area contributed by atoms with Crippen LogP contribution >= 0.6 is 11.8 Å². The van der Waals surface area contributed by atoms with Crippen molar-refractivity contribution in [2.75, 3.05) is 18.1 Å². The van der Waals surface area contributed by atoms with Crippen LogP contribution in [0.3, 0.4) is 0 Å². The molecule has 0 amide bonds. The molecular formula is C13H15F4NO2S. The predicted octanol–water partition coefficient (Wildman–Crippen LogP) is 2.68. The lowest BCUT2D eigenvalue weighted by molar-refractivity contribution is -0.275. The van der Waals surface area contributed by atoms with Crippen molar-refractivity contribution in [2.45, 2.75) is 24.9 Å². The summed E-state index contributed by atoms with van der Waals surface area (Å²) in [6.07, 6.45) is -4.23. The Labute approximate surface area is 123 Å². The van der Waals surface area contributed by atoms with Crippen LogP contribution in [0.1, 0.15) is 12.0 Å². The van der Waals surface area contributed by atoms with Gasteiger partial charge in [0.05, 0.1) is 5.60 Å². The first kappa shape index (κ1) is 16.4. The number of thioether (sulfide) groups is 1. The third kappa shape index (κ3) is 5.05. The minimum Gasteiger partial charge on any atom is -0.405 e. The maximum absolute atomic E-state index is 13.0. The quantitative estimate of drug-likeness (QED) is 0.817. The lowest BCUT2D eigenvalue weighted by atomic mass is 10.0. The van der Waals surface area contributed by atoms with Crippen molar-refractivity contribution in [1.29, 1.82) is 0 Å². The summed E-state index contributed by atoms with van der Waals surface area (Å²) in [4.78, 5) is 0. The summed E-state index contributed by atoms with van der Waals surface area (Å²) in [5, 5.41) is 13.0. The van der Waals surface area contributed by atoms with Gasteiger partial charge in [0.15, 0.2) is 0 Å². The molecule has 2 N–H and O–H groups in total. The second kappa shape index (κ2) is 6.41. The molecule has 3 nitrogen and oxygen atoms in total. The van der Waals surface area contributed by atoms with E-state index in [0.29, 0.717) is 18.2 Å². The average molecular weight is 325 g/mol. The minimum absolute atomic E-state index is 0.0542. The van der Waals surface area contributed by atoms with Crippen molar-refractivity contribution in [3.63, 3.8) is 0 Å². The molecule has 0 radical (unpaired) electrons. The second-order valence-corrected chi connectivity index (χ2v) is 6.04. The molecule has 1 saturated heterocycles. The van der Waals surface area contributed by atoms with E-state index >= 15 is 0 Å². The molecule has 1 aromatic rings. The number of halogens is 4. The Kier molecular flexibility index (Phi) is 5.00. The van der Waals surface area contributed by atoms with Gasteiger partial charge in [-0.15, -0.1) is 13.2 Å². The van der Waals surface area contributed by atoms with E-state index in [1.165, 1.54) is 6.07 Å². The van der Waals surface area contributed by atoms with Crippen molar-refractivity contribution in [2.24, 2.45) is 0 Å². The zero-order valence-corrected chi connectivity index (χ0v) is 11.9. The molecule has 0 saturated carbocycles. The van der Waals surface area contributed by atoms with Crippen LogP contribution in [0.25, 0.3) is 0 Å². The molecule has 8 heteroatoms. The summed E-state index contributed by atoms with van der Waals surface area (Å²) in [5.74, 6) is 0.0820. The second-order valence-electron chi connectivity index (χ2n) is 4.93. The zero-order chi connectivity index (χ0) is 15.5. The molecule has 1 unspecified atom stereocenters. The summed E-state index contributed by atoms with van der Waals surface area (Å²) in [6, 6.07) is 3.00. The van der Waals surface area contributed by atoms with E-state index in [9.17, 15) is 22.7 Å². The number of ether oxygens (including phenoxy) is 1. The fraction of sp³-hybridized carbons (Fsp3) is 0.538. The number of hydrogen-bond acceptors (Lipinski definition) is 4. The SMILES string of the molecule is OC1(CNCc2ccc(F)cc2OC(F)(F)F)CCSC1. The van der Waals surface area contributed by atoms with Crippen LogP contribution in [0.4, 0.5) is 17.6 Å². The summed E-state index contributed by atoms with van der Waals surface area (Å²) in [7, 11) is 0. The van der Waals surface area contributed by atoms with E-state index in [4.69, 9.17) is 0 Å². The minimum atomic E-state index is -4.87. The van der Waals surface area contributed by atoms with Crippen LogP contribution < -0.4 is 10.1 Å².